The summed E-state index contributed by atoms with van der Waals surface area (Å²) in [6.07, 6.45) is 0. The summed E-state index contributed by atoms with van der Waals surface area (Å²) in [7, 11) is -2.59. The molecule has 1 amide bonds. The average Bonchev–Trinajstić information content (AvgIpc) is 2.83. The van der Waals surface area contributed by atoms with Crippen molar-refractivity contribution in [3.63, 3.8) is 0 Å². The largest absolute Gasteiger partial charge is 0.495 e. The van der Waals surface area contributed by atoms with Crippen LogP contribution in [0.3, 0.4) is 0 Å². The van der Waals surface area contributed by atoms with Crippen molar-refractivity contribution in [2.24, 2.45) is 0 Å². The predicted octanol–water partition coefficient (Wildman–Crippen LogP) is 5.13. The molecule has 0 unspecified atom stereocenters. The molecule has 9 heteroatoms. The highest BCUT2D eigenvalue weighted by atomic mass is 35.5. The molecule has 0 spiro atoms. The summed E-state index contributed by atoms with van der Waals surface area (Å²) in [4.78, 5) is 13.1. The van der Waals surface area contributed by atoms with Gasteiger partial charge in [0.05, 0.1) is 35.4 Å². The van der Waals surface area contributed by atoms with Crippen molar-refractivity contribution >= 4 is 33.2 Å². The van der Waals surface area contributed by atoms with E-state index in [0.29, 0.717) is 12.4 Å². The third-order valence-corrected chi connectivity index (χ3v) is 7.47. The molecule has 3 aromatic rings. The van der Waals surface area contributed by atoms with Gasteiger partial charge in [-0.05, 0) is 68.8 Å². The highest BCUT2D eigenvalue weighted by Crippen LogP contribution is 2.32. The number of aryl methyl sites for hydroxylation is 1. The number of hydrogen-bond donors (Lipinski definition) is 1. The molecule has 0 saturated carbocycles. The summed E-state index contributed by atoms with van der Waals surface area (Å²) in [5.41, 5.74) is 2.03. The van der Waals surface area contributed by atoms with Gasteiger partial charge in [0.15, 0.2) is 0 Å². The Balaban J connectivity index is 1.88. The van der Waals surface area contributed by atoms with E-state index in [1.54, 1.807) is 24.3 Å². The molecule has 1 N–H and O–H groups in total. The van der Waals surface area contributed by atoms with E-state index in [1.807, 2.05) is 45.0 Å². The Bertz CT molecular complexity index is 1260. The van der Waals surface area contributed by atoms with E-state index in [2.05, 4.69) is 5.32 Å². The van der Waals surface area contributed by atoms with Gasteiger partial charge < -0.3 is 14.8 Å². The van der Waals surface area contributed by atoms with E-state index >= 15 is 0 Å². The fraction of sp³-hybridized carbons (Fsp3) is 0.269. The Morgan fingerprint density at radius 1 is 1.06 bits per heavy atom. The molecule has 0 heterocycles. The molecule has 0 aromatic heterocycles. The predicted molar refractivity (Wildman–Crippen MR) is 138 cm³/mol. The van der Waals surface area contributed by atoms with Crippen LogP contribution in [-0.4, -0.2) is 34.6 Å². The first-order valence-electron chi connectivity index (χ1n) is 11.1. The first kappa shape index (κ1) is 26.4. The van der Waals surface area contributed by atoms with Gasteiger partial charge in [0.1, 0.15) is 18.0 Å². The van der Waals surface area contributed by atoms with Crippen molar-refractivity contribution in [2.45, 2.75) is 31.7 Å². The number of ether oxygens (including phenoxy) is 2. The smallest absolute Gasteiger partial charge is 0.264 e. The second-order valence-corrected chi connectivity index (χ2v) is 10.2. The third-order valence-electron chi connectivity index (χ3n) is 5.39. The van der Waals surface area contributed by atoms with Crippen molar-refractivity contribution in [1.82, 2.24) is 5.32 Å². The summed E-state index contributed by atoms with van der Waals surface area (Å²) >= 11 is 6.27. The van der Waals surface area contributed by atoms with Gasteiger partial charge in [-0.3, -0.25) is 9.10 Å². The van der Waals surface area contributed by atoms with Crippen molar-refractivity contribution in [1.29, 1.82) is 0 Å². The molecule has 1 atom stereocenters. The van der Waals surface area contributed by atoms with Crippen LogP contribution in [-0.2, 0) is 14.8 Å². The molecule has 0 aliphatic rings. The summed E-state index contributed by atoms with van der Waals surface area (Å²) in [5, 5.41) is 3.11. The number of amides is 1. The van der Waals surface area contributed by atoms with Gasteiger partial charge in [-0.2, -0.15) is 0 Å². The molecule has 3 aromatic carbocycles. The fourth-order valence-corrected chi connectivity index (χ4v) is 5.15. The van der Waals surface area contributed by atoms with Gasteiger partial charge in [-0.25, -0.2) is 8.42 Å². The zero-order valence-electron chi connectivity index (χ0n) is 20.1. The number of benzene rings is 3. The molecule has 186 valence electrons. The molecule has 7 nitrogen and oxygen atoms in total. The lowest BCUT2D eigenvalue weighted by Crippen LogP contribution is -2.41. The number of carbonyl (C=O) groups is 1. The Morgan fingerprint density at radius 2 is 1.71 bits per heavy atom. The number of sulfonamides is 1. The molecule has 0 aliphatic carbocycles. The molecule has 3 rings (SSSR count). The summed E-state index contributed by atoms with van der Waals surface area (Å²) in [5.74, 6) is 0.673. The number of carbonyl (C=O) groups excluding carboxylic acids is 1. The van der Waals surface area contributed by atoms with Crippen LogP contribution in [0, 0.1) is 6.92 Å². The van der Waals surface area contributed by atoms with Crippen LogP contribution in [0.1, 0.15) is 31.0 Å². The van der Waals surface area contributed by atoms with E-state index in [4.69, 9.17) is 21.1 Å². The lowest BCUT2D eigenvalue weighted by Gasteiger charge is -2.25. The zero-order chi connectivity index (χ0) is 25.6. The van der Waals surface area contributed by atoms with Gasteiger partial charge in [0.2, 0.25) is 5.91 Å². The summed E-state index contributed by atoms with van der Waals surface area (Å²) in [6.45, 7) is 5.74. The van der Waals surface area contributed by atoms with E-state index in [-0.39, 0.29) is 21.6 Å². The van der Waals surface area contributed by atoms with Gasteiger partial charge in [-0.15, -0.1) is 0 Å². The van der Waals surface area contributed by atoms with Gasteiger partial charge in [0.25, 0.3) is 10.0 Å². The minimum atomic E-state index is -4.06. The molecular weight excluding hydrogens is 488 g/mol. The number of anilines is 1. The monoisotopic (exact) mass is 516 g/mol. The molecular formula is C26H29ClN2O5S. The van der Waals surface area contributed by atoms with Crippen LogP contribution in [0.4, 0.5) is 5.69 Å². The Kier molecular flexibility index (Phi) is 8.64. The van der Waals surface area contributed by atoms with Gasteiger partial charge in [-0.1, -0.05) is 41.4 Å². The standard InChI is InChI=1S/C26H29ClN2O5S/c1-5-34-22-11-8-20(9-12-22)19(3)28-26(30)17-29(21-10-15-25(33-4)24(27)16-21)35(31,32)23-13-6-18(2)7-14-23/h6-16,19H,5,17H2,1-4H3,(H,28,30)/t19-/m1/s1. The number of nitrogens with one attached hydrogen (secondary N) is 1. The van der Waals surface area contributed by atoms with E-state index < -0.39 is 22.5 Å². The normalized spacial score (nSPS) is 12.0. The molecule has 0 bridgehead atoms. The molecule has 0 aliphatic heterocycles. The number of hydrogen-bond acceptors (Lipinski definition) is 5. The Hall–Kier alpha value is -3.23. The molecule has 0 saturated heterocycles. The zero-order valence-corrected chi connectivity index (χ0v) is 21.7. The maximum atomic E-state index is 13.6. The van der Waals surface area contributed by atoms with Crippen LogP contribution in [0.15, 0.2) is 71.6 Å². The van der Waals surface area contributed by atoms with E-state index in [0.717, 1.165) is 21.2 Å². The topological polar surface area (TPSA) is 84.9 Å². The van der Waals surface area contributed by atoms with Crippen molar-refractivity contribution < 1.29 is 22.7 Å². The van der Waals surface area contributed by atoms with Crippen molar-refractivity contribution in [3.05, 3.63) is 82.9 Å². The molecule has 35 heavy (non-hydrogen) atoms. The number of rotatable bonds is 10. The Labute approximate surface area is 211 Å². The highest BCUT2D eigenvalue weighted by Gasteiger charge is 2.28. The lowest BCUT2D eigenvalue weighted by atomic mass is 10.1. The minimum Gasteiger partial charge on any atom is -0.495 e. The summed E-state index contributed by atoms with van der Waals surface area (Å²) < 4.78 is 38.8. The highest BCUT2D eigenvalue weighted by molar-refractivity contribution is 7.92. The first-order chi connectivity index (χ1) is 16.6. The SMILES string of the molecule is CCOc1ccc([C@@H](C)NC(=O)CN(c2ccc(OC)c(Cl)c2)S(=O)(=O)c2ccc(C)cc2)cc1. The van der Waals surface area contributed by atoms with Crippen LogP contribution < -0.4 is 19.1 Å². The van der Waals surface area contributed by atoms with Gasteiger partial charge >= 0.3 is 0 Å². The maximum Gasteiger partial charge on any atom is 0.264 e. The maximum absolute atomic E-state index is 13.6. The van der Waals surface area contributed by atoms with Crippen LogP contribution in [0.2, 0.25) is 5.02 Å². The number of nitrogens with zero attached hydrogens (tertiary/aromatic N) is 1. The summed E-state index contributed by atoms with van der Waals surface area (Å²) in [6, 6.07) is 18.1. The third kappa shape index (κ3) is 6.46. The lowest BCUT2D eigenvalue weighted by molar-refractivity contribution is -0.120. The van der Waals surface area contributed by atoms with Crippen molar-refractivity contribution in [2.75, 3.05) is 24.6 Å². The second-order valence-electron chi connectivity index (χ2n) is 7.93. The Morgan fingerprint density at radius 3 is 2.29 bits per heavy atom. The van der Waals surface area contributed by atoms with E-state index in [1.165, 1.54) is 25.3 Å². The first-order valence-corrected chi connectivity index (χ1v) is 12.9. The van der Waals surface area contributed by atoms with E-state index in [9.17, 15) is 13.2 Å². The van der Waals surface area contributed by atoms with Crippen LogP contribution >= 0.6 is 11.6 Å². The van der Waals surface area contributed by atoms with Gasteiger partial charge in [0, 0.05) is 0 Å². The second kappa shape index (κ2) is 11.5. The van der Waals surface area contributed by atoms with Crippen molar-refractivity contribution in [3.8, 4) is 11.5 Å². The van der Waals surface area contributed by atoms with Crippen LogP contribution in [0.25, 0.3) is 0 Å². The average molecular weight is 517 g/mol. The number of methoxy groups -OCH3 is 1. The quantitative estimate of drug-likeness (QED) is 0.404. The minimum absolute atomic E-state index is 0.0717. The number of halogens is 1. The van der Waals surface area contributed by atoms with Crippen LogP contribution in [0.5, 0.6) is 11.5 Å². The molecule has 0 fully saturated rings. The molecule has 0 radical (unpaired) electrons. The fourth-order valence-electron chi connectivity index (χ4n) is 3.48.